The second-order valence-corrected chi connectivity index (χ2v) is 8.30. The Bertz CT molecular complexity index is 1220. The van der Waals surface area contributed by atoms with Crippen molar-refractivity contribution in [2.75, 3.05) is 11.9 Å². The molecule has 1 heterocycles. The van der Waals surface area contributed by atoms with Gasteiger partial charge in [-0.15, -0.1) is 0 Å². The summed E-state index contributed by atoms with van der Waals surface area (Å²) in [7, 11) is 0. The number of fused-ring (bicyclic) bond motifs is 1. The molecule has 3 aromatic rings. The molecule has 0 aliphatic heterocycles. The van der Waals surface area contributed by atoms with E-state index in [0.717, 1.165) is 5.56 Å². The summed E-state index contributed by atoms with van der Waals surface area (Å²) in [5.74, 6) is -1.18. The molecule has 0 aliphatic carbocycles. The first kappa shape index (κ1) is 24.1. The number of nitrogens with one attached hydrogen (secondary N) is 1. The molecule has 0 bridgehead atoms. The van der Waals surface area contributed by atoms with Crippen LogP contribution in [0.2, 0.25) is 0 Å². The lowest BCUT2D eigenvalue weighted by Crippen LogP contribution is -2.36. The predicted octanol–water partition coefficient (Wildman–Crippen LogP) is 3.68. The summed E-state index contributed by atoms with van der Waals surface area (Å²) in [5.41, 5.74) is 7.09. The Balaban J connectivity index is 2.05. The topological polar surface area (TPSA) is 103 Å². The summed E-state index contributed by atoms with van der Waals surface area (Å²) in [6, 6.07) is 10.2. The fourth-order valence-electron chi connectivity index (χ4n) is 3.60. The maximum Gasteiger partial charge on any atom is 0.343 e. The number of nitrogens with two attached hydrogens (primary N) is 1. The Kier molecular flexibility index (Phi) is 7.60. The molecule has 1 aromatic heterocycles. The van der Waals surface area contributed by atoms with Crippen molar-refractivity contribution in [3.8, 4) is 0 Å². The van der Waals surface area contributed by atoms with Gasteiger partial charge < -0.3 is 20.4 Å². The van der Waals surface area contributed by atoms with Gasteiger partial charge in [0.2, 0.25) is 11.3 Å². The number of rotatable bonds is 8. The van der Waals surface area contributed by atoms with Gasteiger partial charge in [-0.05, 0) is 55.2 Å². The Hall–Kier alpha value is -3.52. The normalized spacial score (nSPS) is 12.1. The van der Waals surface area contributed by atoms with E-state index in [1.807, 2.05) is 13.8 Å². The standard InChI is InChI=1S/C25H28FN3O4/c1-4-33-25(32)20-14-29(13-16-5-7-17(26)8-6-16)22-10-9-18(12-19(22)23(20)30)28-24(31)21(27)11-15(2)3/h5-10,12,14-15,21H,4,11,13,27H2,1-3H3,(H,28,31). The van der Waals surface area contributed by atoms with Crippen LogP contribution in [0.25, 0.3) is 10.9 Å². The number of aromatic nitrogens is 1. The lowest BCUT2D eigenvalue weighted by molar-refractivity contribution is -0.117. The van der Waals surface area contributed by atoms with E-state index >= 15 is 0 Å². The highest BCUT2D eigenvalue weighted by Crippen LogP contribution is 2.20. The van der Waals surface area contributed by atoms with Gasteiger partial charge in [0, 0.05) is 23.8 Å². The predicted molar refractivity (Wildman–Crippen MR) is 126 cm³/mol. The van der Waals surface area contributed by atoms with Crippen LogP contribution in [0.4, 0.5) is 10.1 Å². The number of halogens is 1. The van der Waals surface area contributed by atoms with Gasteiger partial charge in [0.15, 0.2) is 0 Å². The molecular formula is C25H28FN3O4. The lowest BCUT2D eigenvalue weighted by atomic mass is 10.0. The highest BCUT2D eigenvalue weighted by molar-refractivity contribution is 5.98. The lowest BCUT2D eigenvalue weighted by Gasteiger charge is -2.16. The molecule has 0 fully saturated rings. The molecule has 0 saturated heterocycles. The van der Waals surface area contributed by atoms with Gasteiger partial charge in [0.05, 0.1) is 18.2 Å². The Morgan fingerprint density at radius 3 is 2.48 bits per heavy atom. The summed E-state index contributed by atoms with van der Waals surface area (Å²) >= 11 is 0. The molecule has 8 heteroatoms. The van der Waals surface area contributed by atoms with E-state index in [9.17, 15) is 18.8 Å². The number of carbonyl (C=O) groups excluding carboxylic acids is 2. The highest BCUT2D eigenvalue weighted by atomic mass is 19.1. The molecule has 2 aromatic carbocycles. The first-order chi connectivity index (χ1) is 15.7. The van der Waals surface area contributed by atoms with E-state index in [2.05, 4.69) is 5.32 Å². The molecule has 1 amide bonds. The Morgan fingerprint density at radius 1 is 1.15 bits per heavy atom. The molecular weight excluding hydrogens is 425 g/mol. The third kappa shape index (κ3) is 5.84. The third-order valence-electron chi connectivity index (χ3n) is 5.17. The number of nitrogens with zero attached hydrogens (tertiary/aromatic N) is 1. The van der Waals surface area contributed by atoms with Gasteiger partial charge >= 0.3 is 5.97 Å². The van der Waals surface area contributed by atoms with Gasteiger partial charge in [-0.2, -0.15) is 0 Å². The van der Waals surface area contributed by atoms with Crippen molar-refractivity contribution in [1.29, 1.82) is 0 Å². The molecule has 0 aliphatic rings. The highest BCUT2D eigenvalue weighted by Gasteiger charge is 2.19. The molecule has 7 nitrogen and oxygen atoms in total. The number of esters is 1. The van der Waals surface area contributed by atoms with E-state index in [1.165, 1.54) is 24.4 Å². The minimum atomic E-state index is -0.731. The summed E-state index contributed by atoms with van der Waals surface area (Å²) < 4.78 is 20.1. The van der Waals surface area contributed by atoms with Crippen LogP contribution in [0.5, 0.6) is 0 Å². The van der Waals surface area contributed by atoms with Crippen molar-refractivity contribution in [2.24, 2.45) is 11.7 Å². The molecule has 1 atom stereocenters. The molecule has 0 saturated carbocycles. The van der Waals surface area contributed by atoms with E-state index in [1.54, 1.807) is 35.8 Å². The van der Waals surface area contributed by atoms with Gasteiger partial charge in [0.25, 0.3) is 0 Å². The first-order valence-corrected chi connectivity index (χ1v) is 10.8. The zero-order chi connectivity index (χ0) is 24.1. The van der Waals surface area contributed by atoms with Crippen LogP contribution >= 0.6 is 0 Å². The minimum absolute atomic E-state index is 0.119. The Labute approximate surface area is 191 Å². The van der Waals surface area contributed by atoms with Crippen molar-refractivity contribution in [1.82, 2.24) is 4.57 Å². The number of hydrogen-bond acceptors (Lipinski definition) is 5. The largest absolute Gasteiger partial charge is 0.462 e. The first-order valence-electron chi connectivity index (χ1n) is 10.8. The second kappa shape index (κ2) is 10.4. The van der Waals surface area contributed by atoms with Crippen molar-refractivity contribution in [3.05, 3.63) is 75.8 Å². The number of ether oxygens (including phenoxy) is 1. The smallest absolute Gasteiger partial charge is 0.343 e. The van der Waals surface area contributed by atoms with E-state index in [4.69, 9.17) is 10.5 Å². The van der Waals surface area contributed by atoms with Gasteiger partial charge in [0.1, 0.15) is 11.4 Å². The zero-order valence-electron chi connectivity index (χ0n) is 18.9. The van der Waals surface area contributed by atoms with Crippen LogP contribution in [0.15, 0.2) is 53.5 Å². The van der Waals surface area contributed by atoms with Crippen LogP contribution < -0.4 is 16.5 Å². The average molecular weight is 454 g/mol. The van der Waals surface area contributed by atoms with Crippen LogP contribution in [0, 0.1) is 11.7 Å². The fraction of sp³-hybridized carbons (Fsp3) is 0.320. The van der Waals surface area contributed by atoms with Gasteiger partial charge in [-0.3, -0.25) is 9.59 Å². The second-order valence-electron chi connectivity index (χ2n) is 8.30. The number of amides is 1. The summed E-state index contributed by atoms with van der Waals surface area (Å²) in [6.07, 6.45) is 1.97. The molecule has 3 N–H and O–H groups in total. The monoisotopic (exact) mass is 453 g/mol. The van der Waals surface area contributed by atoms with Crippen molar-refractivity contribution in [2.45, 2.75) is 39.8 Å². The summed E-state index contributed by atoms with van der Waals surface area (Å²) in [5, 5.41) is 2.99. The number of benzene rings is 2. The van der Waals surface area contributed by atoms with Crippen molar-refractivity contribution >= 4 is 28.5 Å². The van der Waals surface area contributed by atoms with E-state index in [-0.39, 0.29) is 35.2 Å². The average Bonchev–Trinajstić information content (AvgIpc) is 2.76. The molecule has 174 valence electrons. The molecule has 33 heavy (non-hydrogen) atoms. The quantitative estimate of drug-likeness (QED) is 0.507. The van der Waals surface area contributed by atoms with Crippen molar-refractivity contribution in [3.63, 3.8) is 0 Å². The summed E-state index contributed by atoms with van der Waals surface area (Å²) in [6.45, 7) is 6.03. The molecule has 0 spiro atoms. The van der Waals surface area contributed by atoms with Crippen LogP contribution in [-0.2, 0) is 16.1 Å². The fourth-order valence-corrected chi connectivity index (χ4v) is 3.60. The van der Waals surface area contributed by atoms with Crippen molar-refractivity contribution < 1.29 is 18.7 Å². The minimum Gasteiger partial charge on any atom is -0.462 e. The molecule has 0 radical (unpaired) electrons. The van der Waals surface area contributed by atoms with Gasteiger partial charge in [-0.25, -0.2) is 9.18 Å². The zero-order valence-corrected chi connectivity index (χ0v) is 18.9. The van der Waals surface area contributed by atoms with Crippen LogP contribution in [-0.4, -0.2) is 29.1 Å². The summed E-state index contributed by atoms with van der Waals surface area (Å²) in [4.78, 5) is 38.0. The molecule has 1 unspecified atom stereocenters. The molecule has 3 rings (SSSR count). The van der Waals surface area contributed by atoms with E-state index in [0.29, 0.717) is 24.2 Å². The SMILES string of the molecule is CCOC(=O)c1cn(Cc2ccc(F)cc2)c2ccc(NC(=O)C(N)CC(C)C)cc2c1=O. The van der Waals surface area contributed by atoms with E-state index < -0.39 is 17.4 Å². The number of hydrogen-bond donors (Lipinski definition) is 2. The number of carbonyl (C=O) groups is 2. The Morgan fingerprint density at radius 2 is 1.85 bits per heavy atom. The van der Waals surface area contributed by atoms with Crippen LogP contribution in [0.1, 0.15) is 43.1 Å². The third-order valence-corrected chi connectivity index (χ3v) is 5.17. The number of pyridine rings is 1. The maximum atomic E-state index is 13.3. The van der Waals surface area contributed by atoms with Crippen LogP contribution in [0.3, 0.4) is 0 Å². The number of anilines is 1. The maximum absolute atomic E-state index is 13.3. The van der Waals surface area contributed by atoms with Gasteiger partial charge in [-0.1, -0.05) is 26.0 Å².